The zero-order valence-corrected chi connectivity index (χ0v) is 11.2. The van der Waals surface area contributed by atoms with Crippen LogP contribution in [0.25, 0.3) is 0 Å². The van der Waals surface area contributed by atoms with Gasteiger partial charge in [-0.15, -0.1) is 0 Å². The van der Waals surface area contributed by atoms with Gasteiger partial charge in [-0.25, -0.2) is 0 Å². The van der Waals surface area contributed by atoms with Gasteiger partial charge in [-0.05, 0) is 38.9 Å². The lowest BCUT2D eigenvalue weighted by Gasteiger charge is -2.21. The summed E-state index contributed by atoms with van der Waals surface area (Å²) in [6.45, 7) is 10.4. The van der Waals surface area contributed by atoms with Crippen LogP contribution in [0.3, 0.4) is 0 Å². The Bertz CT molecular complexity index is 123. The molecule has 0 saturated carbocycles. The molecule has 0 amide bonds. The first-order chi connectivity index (χ1) is 7.85. The van der Waals surface area contributed by atoms with E-state index in [9.17, 15) is 0 Å². The second-order valence-electron chi connectivity index (χ2n) is 4.30. The molecule has 0 spiro atoms. The number of unbranched alkanes of at least 4 members (excludes halogenated alkanes) is 2. The van der Waals surface area contributed by atoms with Gasteiger partial charge in [-0.2, -0.15) is 0 Å². The maximum absolute atomic E-state index is 5.54. The zero-order chi connectivity index (χ0) is 12.1. The predicted molar refractivity (Wildman–Crippen MR) is 70.7 cm³/mol. The van der Waals surface area contributed by atoms with Crippen LogP contribution >= 0.6 is 0 Å². The van der Waals surface area contributed by atoms with Crippen LogP contribution < -0.4 is 5.73 Å². The Morgan fingerprint density at radius 2 is 1.50 bits per heavy atom. The van der Waals surface area contributed by atoms with E-state index in [1.165, 1.54) is 38.8 Å². The highest BCUT2D eigenvalue weighted by Gasteiger charge is 2.03. The molecule has 0 radical (unpaired) electrons. The Kier molecular flexibility index (Phi) is 12.9. The topological polar surface area (TPSA) is 38.5 Å². The molecule has 0 aliphatic rings. The Hall–Kier alpha value is -0.120. The van der Waals surface area contributed by atoms with Crippen molar-refractivity contribution in [3.63, 3.8) is 0 Å². The number of nitrogens with zero attached hydrogens (tertiary/aromatic N) is 1. The number of hydrogen-bond acceptors (Lipinski definition) is 3. The standard InChI is InChI=1S/C13H30N2O/c1-3-5-9-15(10-6-4-2)11-13-16-12-7-8-14/h3-14H2,1-2H3. The molecule has 0 saturated heterocycles. The van der Waals surface area contributed by atoms with E-state index in [0.29, 0.717) is 0 Å². The molecule has 2 N–H and O–H groups in total. The summed E-state index contributed by atoms with van der Waals surface area (Å²) < 4.78 is 5.54. The normalized spacial score (nSPS) is 11.2. The minimum absolute atomic E-state index is 0.732. The van der Waals surface area contributed by atoms with E-state index in [1.807, 2.05) is 0 Å². The van der Waals surface area contributed by atoms with Gasteiger partial charge >= 0.3 is 0 Å². The van der Waals surface area contributed by atoms with Gasteiger partial charge in [0.25, 0.3) is 0 Å². The van der Waals surface area contributed by atoms with Crippen LogP contribution in [0.2, 0.25) is 0 Å². The molecule has 0 aliphatic carbocycles. The molecule has 0 aromatic carbocycles. The van der Waals surface area contributed by atoms with Crippen LogP contribution in [0, 0.1) is 0 Å². The van der Waals surface area contributed by atoms with Crippen molar-refractivity contribution in [3.05, 3.63) is 0 Å². The third kappa shape index (κ3) is 10.4. The maximum atomic E-state index is 5.54. The molecule has 16 heavy (non-hydrogen) atoms. The summed E-state index contributed by atoms with van der Waals surface area (Å²) in [7, 11) is 0. The summed E-state index contributed by atoms with van der Waals surface area (Å²) in [6.07, 6.45) is 6.12. The lowest BCUT2D eigenvalue weighted by atomic mass is 10.2. The second-order valence-corrected chi connectivity index (χ2v) is 4.30. The van der Waals surface area contributed by atoms with Gasteiger partial charge < -0.3 is 15.4 Å². The summed E-state index contributed by atoms with van der Waals surface area (Å²) in [5.74, 6) is 0. The molecule has 0 fully saturated rings. The van der Waals surface area contributed by atoms with Crippen molar-refractivity contribution in [1.29, 1.82) is 0 Å². The highest BCUT2D eigenvalue weighted by molar-refractivity contribution is 4.57. The monoisotopic (exact) mass is 230 g/mol. The second kappa shape index (κ2) is 12.9. The molecule has 3 nitrogen and oxygen atoms in total. The molecule has 0 aliphatic heterocycles. The van der Waals surface area contributed by atoms with Crippen molar-refractivity contribution in [3.8, 4) is 0 Å². The Morgan fingerprint density at radius 3 is 2.00 bits per heavy atom. The smallest absolute Gasteiger partial charge is 0.0593 e. The fourth-order valence-electron chi connectivity index (χ4n) is 1.58. The van der Waals surface area contributed by atoms with Crippen molar-refractivity contribution in [2.24, 2.45) is 5.73 Å². The molecule has 98 valence electrons. The van der Waals surface area contributed by atoms with Crippen LogP contribution in [-0.2, 0) is 4.74 Å². The van der Waals surface area contributed by atoms with Crippen LogP contribution in [0.15, 0.2) is 0 Å². The first-order valence-electron chi connectivity index (χ1n) is 6.85. The molecule has 0 heterocycles. The maximum Gasteiger partial charge on any atom is 0.0593 e. The van der Waals surface area contributed by atoms with E-state index in [1.54, 1.807) is 0 Å². The quantitative estimate of drug-likeness (QED) is 0.523. The molecule has 0 rings (SSSR count). The number of hydrogen-bond donors (Lipinski definition) is 1. The fourth-order valence-corrected chi connectivity index (χ4v) is 1.58. The number of ether oxygens (including phenoxy) is 1. The van der Waals surface area contributed by atoms with Crippen molar-refractivity contribution in [1.82, 2.24) is 4.90 Å². The summed E-state index contributed by atoms with van der Waals surface area (Å²) in [4.78, 5) is 2.52. The van der Waals surface area contributed by atoms with Crippen LogP contribution in [0.1, 0.15) is 46.0 Å². The van der Waals surface area contributed by atoms with Crippen LogP contribution in [0.5, 0.6) is 0 Å². The third-order valence-corrected chi connectivity index (χ3v) is 2.70. The minimum Gasteiger partial charge on any atom is -0.380 e. The third-order valence-electron chi connectivity index (χ3n) is 2.70. The Balaban J connectivity index is 3.48. The Labute approximate surface area is 101 Å². The van der Waals surface area contributed by atoms with Crippen molar-refractivity contribution < 1.29 is 4.74 Å². The van der Waals surface area contributed by atoms with E-state index in [4.69, 9.17) is 10.5 Å². The molecular weight excluding hydrogens is 200 g/mol. The van der Waals surface area contributed by atoms with E-state index in [2.05, 4.69) is 18.7 Å². The van der Waals surface area contributed by atoms with Gasteiger partial charge in [-0.1, -0.05) is 26.7 Å². The summed E-state index contributed by atoms with van der Waals surface area (Å²) in [5.41, 5.74) is 5.41. The van der Waals surface area contributed by atoms with Crippen molar-refractivity contribution >= 4 is 0 Å². The molecule has 0 atom stereocenters. The first kappa shape index (κ1) is 15.9. The molecule has 0 aromatic heterocycles. The predicted octanol–water partition coefficient (Wildman–Crippen LogP) is 2.25. The van der Waals surface area contributed by atoms with Gasteiger partial charge in [0.2, 0.25) is 0 Å². The largest absolute Gasteiger partial charge is 0.380 e. The van der Waals surface area contributed by atoms with Crippen molar-refractivity contribution in [2.75, 3.05) is 39.4 Å². The number of nitrogens with two attached hydrogens (primary N) is 1. The molecule has 0 aromatic rings. The van der Waals surface area contributed by atoms with Gasteiger partial charge in [0.05, 0.1) is 6.61 Å². The van der Waals surface area contributed by atoms with E-state index in [-0.39, 0.29) is 0 Å². The van der Waals surface area contributed by atoms with Crippen LogP contribution in [-0.4, -0.2) is 44.3 Å². The lowest BCUT2D eigenvalue weighted by Crippen LogP contribution is -2.30. The zero-order valence-electron chi connectivity index (χ0n) is 11.2. The van der Waals surface area contributed by atoms with Gasteiger partial charge in [0.15, 0.2) is 0 Å². The van der Waals surface area contributed by atoms with Crippen LogP contribution in [0.4, 0.5) is 0 Å². The number of rotatable bonds is 12. The summed E-state index contributed by atoms with van der Waals surface area (Å²) >= 11 is 0. The van der Waals surface area contributed by atoms with Crippen molar-refractivity contribution in [2.45, 2.75) is 46.0 Å². The van der Waals surface area contributed by atoms with Gasteiger partial charge in [-0.3, -0.25) is 0 Å². The van der Waals surface area contributed by atoms with E-state index in [0.717, 1.165) is 32.7 Å². The van der Waals surface area contributed by atoms with E-state index >= 15 is 0 Å². The van der Waals surface area contributed by atoms with Gasteiger partial charge in [0, 0.05) is 13.2 Å². The highest BCUT2D eigenvalue weighted by atomic mass is 16.5. The highest BCUT2D eigenvalue weighted by Crippen LogP contribution is 1.99. The Morgan fingerprint density at radius 1 is 0.875 bits per heavy atom. The molecule has 0 bridgehead atoms. The van der Waals surface area contributed by atoms with Gasteiger partial charge in [0.1, 0.15) is 0 Å². The summed E-state index contributed by atoms with van der Waals surface area (Å²) in [5, 5.41) is 0. The SMILES string of the molecule is CCCCN(CCCC)CCOCCCN. The first-order valence-corrected chi connectivity index (χ1v) is 6.85. The van der Waals surface area contributed by atoms with E-state index < -0.39 is 0 Å². The lowest BCUT2D eigenvalue weighted by molar-refractivity contribution is 0.102. The molecular formula is C13H30N2O. The molecule has 3 heteroatoms. The minimum atomic E-state index is 0.732. The average Bonchev–Trinajstić information content (AvgIpc) is 2.31. The summed E-state index contributed by atoms with van der Waals surface area (Å²) in [6, 6.07) is 0. The average molecular weight is 230 g/mol. The fraction of sp³-hybridized carbons (Fsp3) is 1.00. The molecule has 0 unspecified atom stereocenters.